The highest BCUT2D eigenvalue weighted by molar-refractivity contribution is 8.00. The van der Waals surface area contributed by atoms with Crippen molar-refractivity contribution in [2.75, 3.05) is 0 Å². The summed E-state index contributed by atoms with van der Waals surface area (Å²) in [5.41, 5.74) is 2.18. The lowest BCUT2D eigenvalue weighted by Gasteiger charge is -2.08. The Morgan fingerprint density at radius 1 is 1.40 bits per heavy atom. The van der Waals surface area contributed by atoms with E-state index in [4.69, 9.17) is 5.73 Å². The number of thioether (sulfide) groups is 1. The van der Waals surface area contributed by atoms with E-state index in [1.165, 1.54) is 12.1 Å². The lowest BCUT2D eigenvalue weighted by atomic mass is 10.1. The van der Waals surface area contributed by atoms with E-state index < -0.39 is 5.51 Å². The van der Waals surface area contributed by atoms with Gasteiger partial charge in [0.05, 0.1) is 0 Å². The first-order chi connectivity index (χ1) is 6.87. The molecule has 1 rings (SSSR count). The van der Waals surface area contributed by atoms with Crippen LogP contribution < -0.4 is 5.73 Å². The maximum Gasteiger partial charge on any atom is 0.446 e. The molecule has 84 valence electrons. The molecule has 0 heterocycles. The fourth-order valence-corrected chi connectivity index (χ4v) is 1.87. The molecule has 0 radical (unpaired) electrons. The van der Waals surface area contributed by atoms with Gasteiger partial charge in [0.1, 0.15) is 0 Å². The summed E-state index contributed by atoms with van der Waals surface area (Å²) in [6.07, 6.45) is 0.590. The maximum atomic E-state index is 12.1. The molecule has 5 heteroatoms. The number of halogens is 3. The quantitative estimate of drug-likeness (QED) is 0.814. The van der Waals surface area contributed by atoms with Gasteiger partial charge in [-0.2, -0.15) is 13.2 Å². The summed E-state index contributed by atoms with van der Waals surface area (Å²) >= 11 is -0.0988. The second kappa shape index (κ2) is 4.90. The van der Waals surface area contributed by atoms with E-state index in [9.17, 15) is 13.2 Å². The summed E-state index contributed by atoms with van der Waals surface area (Å²) < 4.78 is 36.2. The molecule has 0 aromatic heterocycles. The van der Waals surface area contributed by atoms with E-state index in [-0.39, 0.29) is 22.7 Å². The molecule has 0 unspecified atom stereocenters. The van der Waals surface area contributed by atoms with E-state index >= 15 is 0 Å². The Labute approximate surface area is 90.9 Å². The molecular weight excluding hydrogens is 223 g/mol. The molecule has 1 nitrogen and oxygen atoms in total. The van der Waals surface area contributed by atoms with Gasteiger partial charge in [0, 0.05) is 10.9 Å². The van der Waals surface area contributed by atoms with E-state index in [2.05, 4.69) is 0 Å². The zero-order valence-electron chi connectivity index (χ0n) is 8.21. The van der Waals surface area contributed by atoms with Crippen LogP contribution in [0.25, 0.3) is 0 Å². The summed E-state index contributed by atoms with van der Waals surface area (Å²) in [5, 5.41) is 0. The van der Waals surface area contributed by atoms with E-state index in [0.717, 1.165) is 5.56 Å². The van der Waals surface area contributed by atoms with Gasteiger partial charge in [0.15, 0.2) is 0 Å². The molecule has 0 aliphatic carbocycles. The fraction of sp³-hybridized carbons (Fsp3) is 0.400. The van der Waals surface area contributed by atoms with Crippen LogP contribution in [-0.4, -0.2) is 11.6 Å². The lowest BCUT2D eigenvalue weighted by Crippen LogP contribution is -2.17. The summed E-state index contributed by atoms with van der Waals surface area (Å²) in [6.45, 7) is 1.82. The molecule has 0 saturated carbocycles. The Bertz CT molecular complexity index is 323. The van der Waals surface area contributed by atoms with Gasteiger partial charge < -0.3 is 5.73 Å². The van der Waals surface area contributed by atoms with Gasteiger partial charge in [-0.3, -0.25) is 0 Å². The standard InChI is InChI=1S/C10H12F3NS/c1-7(14)5-8-3-2-4-9(6-8)15-10(11,12)13/h2-4,6-7H,5,14H2,1H3/t7-/m1/s1. The zero-order valence-corrected chi connectivity index (χ0v) is 9.03. The monoisotopic (exact) mass is 235 g/mol. The molecular formula is C10H12F3NS. The zero-order chi connectivity index (χ0) is 11.5. The molecule has 0 aliphatic heterocycles. The van der Waals surface area contributed by atoms with Crippen molar-refractivity contribution in [3.63, 3.8) is 0 Å². The van der Waals surface area contributed by atoms with Gasteiger partial charge in [-0.15, -0.1) is 0 Å². The largest absolute Gasteiger partial charge is 0.446 e. The Hall–Kier alpha value is -0.680. The summed E-state index contributed by atoms with van der Waals surface area (Å²) in [4.78, 5) is 0.209. The van der Waals surface area contributed by atoms with Crippen LogP contribution in [0.2, 0.25) is 0 Å². The smallest absolute Gasteiger partial charge is 0.328 e. The van der Waals surface area contributed by atoms with Gasteiger partial charge in [-0.05, 0) is 42.8 Å². The predicted octanol–water partition coefficient (Wildman–Crippen LogP) is 3.19. The molecule has 0 spiro atoms. The van der Waals surface area contributed by atoms with Crippen LogP contribution in [0.1, 0.15) is 12.5 Å². The van der Waals surface area contributed by atoms with Crippen LogP contribution in [0.5, 0.6) is 0 Å². The van der Waals surface area contributed by atoms with Gasteiger partial charge in [-0.1, -0.05) is 12.1 Å². The van der Waals surface area contributed by atoms with Crippen molar-refractivity contribution >= 4 is 11.8 Å². The third-order valence-electron chi connectivity index (χ3n) is 1.69. The molecule has 0 bridgehead atoms. The molecule has 0 saturated heterocycles. The van der Waals surface area contributed by atoms with Crippen molar-refractivity contribution in [1.82, 2.24) is 0 Å². The minimum absolute atomic E-state index is 0.0452. The fourth-order valence-electron chi connectivity index (χ4n) is 1.24. The molecule has 2 N–H and O–H groups in total. The van der Waals surface area contributed by atoms with E-state index in [1.54, 1.807) is 12.1 Å². The van der Waals surface area contributed by atoms with Crippen LogP contribution in [0.4, 0.5) is 13.2 Å². The normalized spacial score (nSPS) is 13.9. The second-order valence-electron chi connectivity index (χ2n) is 3.38. The second-order valence-corrected chi connectivity index (χ2v) is 4.52. The third-order valence-corrected chi connectivity index (χ3v) is 2.41. The first-order valence-electron chi connectivity index (χ1n) is 4.47. The van der Waals surface area contributed by atoms with E-state index in [1.807, 2.05) is 6.92 Å². The molecule has 0 amide bonds. The first-order valence-corrected chi connectivity index (χ1v) is 5.29. The van der Waals surface area contributed by atoms with Crippen LogP contribution in [0.15, 0.2) is 29.2 Å². The highest BCUT2D eigenvalue weighted by Crippen LogP contribution is 2.36. The minimum atomic E-state index is -4.23. The topological polar surface area (TPSA) is 26.0 Å². The van der Waals surface area contributed by atoms with Crippen molar-refractivity contribution in [2.24, 2.45) is 5.73 Å². The maximum absolute atomic E-state index is 12.1. The number of hydrogen-bond acceptors (Lipinski definition) is 2. The number of hydrogen-bond donors (Lipinski definition) is 1. The van der Waals surface area contributed by atoms with Crippen molar-refractivity contribution in [2.45, 2.75) is 29.8 Å². The Kier molecular flexibility index (Phi) is 4.04. The van der Waals surface area contributed by atoms with Crippen LogP contribution in [0, 0.1) is 0 Å². The van der Waals surface area contributed by atoms with Crippen molar-refractivity contribution in [3.8, 4) is 0 Å². The highest BCUT2D eigenvalue weighted by Gasteiger charge is 2.29. The Morgan fingerprint density at radius 3 is 2.60 bits per heavy atom. The Morgan fingerprint density at radius 2 is 2.07 bits per heavy atom. The molecule has 0 fully saturated rings. The first kappa shape index (κ1) is 12.4. The van der Waals surface area contributed by atoms with Gasteiger partial charge in [0.2, 0.25) is 0 Å². The summed E-state index contributed by atoms with van der Waals surface area (Å²) in [7, 11) is 0. The highest BCUT2D eigenvalue weighted by atomic mass is 32.2. The molecule has 1 aromatic carbocycles. The molecule has 15 heavy (non-hydrogen) atoms. The average Bonchev–Trinajstić information content (AvgIpc) is 1.99. The number of benzene rings is 1. The average molecular weight is 235 g/mol. The minimum Gasteiger partial charge on any atom is -0.328 e. The van der Waals surface area contributed by atoms with Crippen LogP contribution >= 0.6 is 11.8 Å². The predicted molar refractivity (Wildman–Crippen MR) is 55.7 cm³/mol. The van der Waals surface area contributed by atoms with Crippen molar-refractivity contribution in [1.29, 1.82) is 0 Å². The van der Waals surface area contributed by atoms with Crippen molar-refractivity contribution < 1.29 is 13.2 Å². The summed E-state index contributed by atoms with van der Waals surface area (Å²) in [6, 6.07) is 6.33. The van der Waals surface area contributed by atoms with Gasteiger partial charge >= 0.3 is 5.51 Å². The number of rotatable bonds is 3. The number of nitrogens with two attached hydrogens (primary N) is 1. The van der Waals surface area contributed by atoms with Gasteiger partial charge in [-0.25, -0.2) is 0 Å². The lowest BCUT2D eigenvalue weighted by molar-refractivity contribution is -0.0328. The SMILES string of the molecule is C[C@@H](N)Cc1cccc(SC(F)(F)F)c1. The number of alkyl halides is 3. The van der Waals surface area contributed by atoms with Crippen LogP contribution in [0.3, 0.4) is 0 Å². The van der Waals surface area contributed by atoms with Crippen LogP contribution in [-0.2, 0) is 6.42 Å². The van der Waals surface area contributed by atoms with E-state index in [0.29, 0.717) is 6.42 Å². The van der Waals surface area contributed by atoms with Gasteiger partial charge in [0.25, 0.3) is 0 Å². The molecule has 0 aliphatic rings. The molecule has 1 aromatic rings. The molecule has 1 atom stereocenters. The Balaban J connectivity index is 2.74. The van der Waals surface area contributed by atoms with Crippen molar-refractivity contribution in [3.05, 3.63) is 29.8 Å². The summed E-state index contributed by atoms with van der Waals surface area (Å²) in [5.74, 6) is 0. The third kappa shape index (κ3) is 5.09.